The first-order chi connectivity index (χ1) is 11.6. The normalized spacial score (nSPS) is 23.8. The first-order valence-corrected chi connectivity index (χ1v) is 9.08. The van der Waals surface area contributed by atoms with Crippen molar-refractivity contribution in [2.45, 2.75) is 57.7 Å². The molecule has 24 heavy (non-hydrogen) atoms. The number of urea groups is 1. The summed E-state index contributed by atoms with van der Waals surface area (Å²) in [6.07, 6.45) is 4.52. The van der Waals surface area contributed by atoms with Crippen molar-refractivity contribution in [3.8, 4) is 0 Å². The molecule has 0 saturated carbocycles. The molecule has 2 fully saturated rings. The topological polar surface area (TPSA) is 44.8 Å². The zero-order chi connectivity index (χ0) is 17.1. The fourth-order valence-electron chi connectivity index (χ4n) is 3.63. The number of rotatable bonds is 4. The zero-order valence-electron chi connectivity index (χ0n) is 15.0. The molecule has 0 unspecified atom stereocenters. The number of nitrogens with zero attached hydrogens (tertiary/aromatic N) is 2. The number of likely N-dealkylation sites (tertiary alicyclic amines) is 1. The third-order valence-corrected chi connectivity index (χ3v) is 5.23. The quantitative estimate of drug-likeness (QED) is 0.915. The van der Waals surface area contributed by atoms with Crippen LogP contribution in [0.2, 0.25) is 0 Å². The van der Waals surface area contributed by atoms with Gasteiger partial charge in [-0.3, -0.25) is 0 Å². The Morgan fingerprint density at radius 2 is 2.17 bits per heavy atom. The lowest BCUT2D eigenvalue weighted by Gasteiger charge is -2.29. The van der Waals surface area contributed by atoms with E-state index in [0.717, 1.165) is 50.2 Å². The molecule has 5 nitrogen and oxygen atoms in total. The van der Waals surface area contributed by atoms with Gasteiger partial charge in [-0.25, -0.2) is 4.79 Å². The molecule has 0 aromatic heterocycles. The molecule has 1 N–H and O–H groups in total. The smallest absolute Gasteiger partial charge is 0.322 e. The molecule has 0 spiro atoms. The van der Waals surface area contributed by atoms with Crippen molar-refractivity contribution in [3.63, 3.8) is 0 Å². The van der Waals surface area contributed by atoms with E-state index < -0.39 is 0 Å². The van der Waals surface area contributed by atoms with E-state index in [1.807, 2.05) is 23.1 Å². The van der Waals surface area contributed by atoms with Crippen LogP contribution in [0.1, 0.15) is 39.5 Å². The van der Waals surface area contributed by atoms with Crippen LogP contribution in [0, 0.1) is 0 Å². The number of hydrogen-bond acceptors (Lipinski definition) is 3. The second-order valence-corrected chi connectivity index (χ2v) is 7.14. The van der Waals surface area contributed by atoms with E-state index in [0.29, 0.717) is 6.04 Å². The molecule has 2 heterocycles. The van der Waals surface area contributed by atoms with Crippen LogP contribution in [0.25, 0.3) is 0 Å². The van der Waals surface area contributed by atoms with E-state index in [4.69, 9.17) is 4.74 Å². The van der Waals surface area contributed by atoms with Crippen molar-refractivity contribution >= 4 is 17.4 Å². The van der Waals surface area contributed by atoms with Crippen molar-refractivity contribution in [3.05, 3.63) is 24.3 Å². The number of amides is 2. The second-order valence-electron chi connectivity index (χ2n) is 7.14. The van der Waals surface area contributed by atoms with Gasteiger partial charge in [0.25, 0.3) is 0 Å². The predicted molar refractivity (Wildman–Crippen MR) is 97.7 cm³/mol. The summed E-state index contributed by atoms with van der Waals surface area (Å²) in [4.78, 5) is 16.9. The number of carbonyl (C=O) groups excluding carboxylic acids is 1. The highest BCUT2D eigenvalue weighted by molar-refractivity contribution is 5.90. The van der Waals surface area contributed by atoms with Crippen LogP contribution >= 0.6 is 0 Å². The molecule has 1 aromatic rings. The number of ether oxygens (including phenoxy) is 1. The molecule has 5 heteroatoms. The Balaban J connectivity index is 1.67. The molecule has 2 amide bonds. The van der Waals surface area contributed by atoms with Gasteiger partial charge in [-0.05, 0) is 57.7 Å². The molecule has 2 atom stereocenters. The SMILES string of the molecule is CC(C)N(C)c1cccc(NC(=O)N2CCC[C@@H]2[C@@H]2CCCO2)c1. The predicted octanol–water partition coefficient (Wildman–Crippen LogP) is 3.71. The Kier molecular flexibility index (Phi) is 5.29. The van der Waals surface area contributed by atoms with Crippen molar-refractivity contribution in [2.75, 3.05) is 30.4 Å². The summed E-state index contributed by atoms with van der Waals surface area (Å²) in [5, 5.41) is 3.08. The largest absolute Gasteiger partial charge is 0.376 e. The van der Waals surface area contributed by atoms with Gasteiger partial charge in [-0.2, -0.15) is 0 Å². The molecule has 1 aromatic carbocycles. The van der Waals surface area contributed by atoms with Crippen molar-refractivity contribution < 1.29 is 9.53 Å². The Hall–Kier alpha value is -1.75. The summed E-state index contributed by atoms with van der Waals surface area (Å²) in [7, 11) is 2.07. The minimum Gasteiger partial charge on any atom is -0.376 e. The molecule has 0 bridgehead atoms. The second kappa shape index (κ2) is 7.43. The summed E-state index contributed by atoms with van der Waals surface area (Å²) < 4.78 is 5.82. The van der Waals surface area contributed by atoms with E-state index in [1.54, 1.807) is 0 Å². The van der Waals surface area contributed by atoms with E-state index in [1.165, 1.54) is 0 Å². The van der Waals surface area contributed by atoms with Gasteiger partial charge in [-0.1, -0.05) is 6.07 Å². The van der Waals surface area contributed by atoms with Gasteiger partial charge in [0.2, 0.25) is 0 Å². The Labute approximate surface area is 145 Å². The highest BCUT2D eigenvalue weighted by Gasteiger charge is 2.36. The maximum Gasteiger partial charge on any atom is 0.322 e. The molecule has 0 aliphatic carbocycles. The van der Waals surface area contributed by atoms with Crippen LogP contribution in [0.4, 0.5) is 16.2 Å². The van der Waals surface area contributed by atoms with Gasteiger partial charge < -0.3 is 19.9 Å². The lowest BCUT2D eigenvalue weighted by Crippen LogP contribution is -2.44. The first-order valence-electron chi connectivity index (χ1n) is 9.08. The van der Waals surface area contributed by atoms with Crippen LogP contribution in [-0.4, -0.2) is 49.3 Å². The summed E-state index contributed by atoms with van der Waals surface area (Å²) in [6, 6.07) is 8.69. The number of benzene rings is 1. The van der Waals surface area contributed by atoms with Gasteiger partial charge in [0.05, 0.1) is 12.1 Å². The summed E-state index contributed by atoms with van der Waals surface area (Å²) in [5.74, 6) is 0. The van der Waals surface area contributed by atoms with E-state index in [9.17, 15) is 4.79 Å². The van der Waals surface area contributed by atoms with Gasteiger partial charge in [0, 0.05) is 37.6 Å². The standard InChI is InChI=1S/C19H29N3O2/c1-14(2)21(3)16-8-4-7-15(13-16)20-19(23)22-11-5-9-17(22)18-10-6-12-24-18/h4,7-8,13-14,17-18H,5-6,9-12H2,1-3H3,(H,20,23)/t17-,18+/m1/s1. The lowest BCUT2D eigenvalue weighted by atomic mass is 10.1. The average molecular weight is 331 g/mol. The van der Waals surface area contributed by atoms with Gasteiger partial charge >= 0.3 is 6.03 Å². The Morgan fingerprint density at radius 3 is 2.88 bits per heavy atom. The average Bonchev–Trinajstić information content (AvgIpc) is 3.24. The Bertz CT molecular complexity index is 569. The minimum atomic E-state index is -0.00245. The number of carbonyl (C=O) groups is 1. The maximum atomic E-state index is 12.7. The molecule has 2 aliphatic rings. The van der Waals surface area contributed by atoms with Gasteiger partial charge in [-0.15, -0.1) is 0 Å². The van der Waals surface area contributed by atoms with Crippen LogP contribution in [-0.2, 0) is 4.74 Å². The number of nitrogens with one attached hydrogen (secondary N) is 1. The van der Waals surface area contributed by atoms with Crippen molar-refractivity contribution in [1.82, 2.24) is 4.90 Å². The monoisotopic (exact) mass is 331 g/mol. The van der Waals surface area contributed by atoms with Crippen molar-refractivity contribution in [1.29, 1.82) is 0 Å². The van der Waals surface area contributed by atoms with Crippen LogP contribution in [0.15, 0.2) is 24.3 Å². The van der Waals surface area contributed by atoms with Crippen LogP contribution in [0.3, 0.4) is 0 Å². The third kappa shape index (κ3) is 3.66. The molecular formula is C19H29N3O2. The highest BCUT2D eigenvalue weighted by atomic mass is 16.5. The van der Waals surface area contributed by atoms with Gasteiger partial charge in [0.15, 0.2) is 0 Å². The molecule has 3 rings (SSSR count). The molecular weight excluding hydrogens is 302 g/mol. The van der Waals surface area contributed by atoms with E-state index >= 15 is 0 Å². The Morgan fingerprint density at radius 1 is 1.33 bits per heavy atom. The van der Waals surface area contributed by atoms with Crippen molar-refractivity contribution in [2.24, 2.45) is 0 Å². The summed E-state index contributed by atoms with van der Waals surface area (Å²) in [5.41, 5.74) is 1.96. The molecule has 2 aliphatic heterocycles. The lowest BCUT2D eigenvalue weighted by molar-refractivity contribution is 0.0543. The molecule has 2 saturated heterocycles. The van der Waals surface area contributed by atoms with Crippen LogP contribution in [0.5, 0.6) is 0 Å². The van der Waals surface area contributed by atoms with Gasteiger partial charge in [0.1, 0.15) is 0 Å². The number of anilines is 2. The van der Waals surface area contributed by atoms with E-state index in [2.05, 4.69) is 37.2 Å². The minimum absolute atomic E-state index is 0.00245. The molecule has 0 radical (unpaired) electrons. The van der Waals surface area contributed by atoms with E-state index in [-0.39, 0.29) is 18.2 Å². The molecule has 132 valence electrons. The van der Waals surface area contributed by atoms with Crippen LogP contribution < -0.4 is 10.2 Å². The maximum absolute atomic E-state index is 12.7. The fraction of sp³-hybridized carbons (Fsp3) is 0.632. The summed E-state index contributed by atoms with van der Waals surface area (Å²) >= 11 is 0. The third-order valence-electron chi connectivity index (χ3n) is 5.23. The zero-order valence-corrected chi connectivity index (χ0v) is 15.0. The summed E-state index contributed by atoms with van der Waals surface area (Å²) in [6.45, 7) is 5.96. The fourth-order valence-corrected chi connectivity index (χ4v) is 3.63. The highest BCUT2D eigenvalue weighted by Crippen LogP contribution is 2.29. The first kappa shape index (κ1) is 17.1. The number of hydrogen-bond donors (Lipinski definition) is 1.